The van der Waals surface area contributed by atoms with Crippen molar-refractivity contribution in [3.63, 3.8) is 0 Å². The number of hydrogen-bond acceptors (Lipinski definition) is 3. The number of rotatable bonds is 3. The van der Waals surface area contributed by atoms with Crippen molar-refractivity contribution in [3.8, 4) is 0 Å². The van der Waals surface area contributed by atoms with Crippen LogP contribution in [0.5, 0.6) is 0 Å². The summed E-state index contributed by atoms with van der Waals surface area (Å²) in [6.45, 7) is 6.94. The van der Waals surface area contributed by atoms with E-state index in [-0.39, 0.29) is 0 Å². The quantitative estimate of drug-likeness (QED) is 0.851. The fourth-order valence-corrected chi connectivity index (χ4v) is 3.11. The molecule has 1 aromatic heterocycles. The van der Waals surface area contributed by atoms with E-state index in [1.165, 1.54) is 25.0 Å². The molecule has 84 valence electrons. The number of hydrogen-bond donors (Lipinski definition) is 1. The highest BCUT2D eigenvalue weighted by atomic mass is 32.1. The van der Waals surface area contributed by atoms with Crippen LogP contribution in [0.2, 0.25) is 0 Å². The van der Waals surface area contributed by atoms with Gasteiger partial charge in [0.1, 0.15) is 0 Å². The van der Waals surface area contributed by atoms with Gasteiger partial charge in [0.25, 0.3) is 0 Å². The lowest BCUT2D eigenvalue weighted by atomic mass is 9.87. The van der Waals surface area contributed by atoms with Gasteiger partial charge in [0.2, 0.25) is 0 Å². The Bertz CT molecular complexity index is 305. The standard InChI is InChI=1S/C12H20N2S/c1-9(10-7-15-8-13-10)14-11-5-4-6-12(11,2)3/h7-9,11,14H,4-6H2,1-3H3. The second-order valence-electron chi connectivity index (χ2n) is 5.24. The van der Waals surface area contributed by atoms with E-state index >= 15 is 0 Å². The predicted molar refractivity (Wildman–Crippen MR) is 65.1 cm³/mol. The third kappa shape index (κ3) is 2.40. The predicted octanol–water partition coefficient (Wildman–Crippen LogP) is 3.37. The summed E-state index contributed by atoms with van der Waals surface area (Å²) in [6, 6.07) is 1.04. The summed E-state index contributed by atoms with van der Waals surface area (Å²) in [7, 11) is 0. The molecule has 0 bridgehead atoms. The van der Waals surface area contributed by atoms with Crippen LogP contribution in [0.25, 0.3) is 0 Å². The second-order valence-corrected chi connectivity index (χ2v) is 5.95. The third-order valence-corrected chi connectivity index (χ3v) is 4.21. The zero-order valence-electron chi connectivity index (χ0n) is 9.79. The molecule has 1 aliphatic carbocycles. The molecule has 1 heterocycles. The molecule has 1 aliphatic rings. The average molecular weight is 224 g/mol. The molecule has 2 atom stereocenters. The van der Waals surface area contributed by atoms with Crippen LogP contribution in [0.15, 0.2) is 10.9 Å². The van der Waals surface area contributed by atoms with E-state index in [1.807, 2.05) is 5.51 Å². The number of thiazole rings is 1. The van der Waals surface area contributed by atoms with Crippen molar-refractivity contribution in [1.29, 1.82) is 0 Å². The second kappa shape index (κ2) is 4.22. The lowest BCUT2D eigenvalue weighted by Crippen LogP contribution is -2.39. The monoisotopic (exact) mass is 224 g/mol. The third-order valence-electron chi connectivity index (χ3n) is 3.60. The van der Waals surface area contributed by atoms with Crippen molar-refractivity contribution < 1.29 is 0 Å². The van der Waals surface area contributed by atoms with Crippen LogP contribution in [0, 0.1) is 5.41 Å². The average Bonchev–Trinajstić information content (AvgIpc) is 2.76. The molecule has 1 saturated carbocycles. The summed E-state index contributed by atoms with van der Waals surface area (Å²) >= 11 is 1.67. The van der Waals surface area contributed by atoms with Crippen molar-refractivity contribution in [2.45, 2.75) is 52.1 Å². The van der Waals surface area contributed by atoms with Crippen LogP contribution >= 0.6 is 11.3 Å². The van der Waals surface area contributed by atoms with E-state index in [1.54, 1.807) is 11.3 Å². The molecule has 1 fully saturated rings. The molecular weight excluding hydrogens is 204 g/mol. The van der Waals surface area contributed by atoms with Crippen LogP contribution in [-0.2, 0) is 0 Å². The van der Waals surface area contributed by atoms with E-state index in [2.05, 4.69) is 36.5 Å². The normalized spacial score (nSPS) is 26.7. The first-order valence-electron chi connectivity index (χ1n) is 5.74. The molecule has 15 heavy (non-hydrogen) atoms. The molecule has 0 saturated heterocycles. The summed E-state index contributed by atoms with van der Waals surface area (Å²) in [6.07, 6.45) is 4.00. The molecule has 1 aromatic rings. The Morgan fingerprint density at radius 3 is 2.93 bits per heavy atom. The lowest BCUT2D eigenvalue weighted by Gasteiger charge is -2.30. The van der Waals surface area contributed by atoms with Gasteiger partial charge in [0, 0.05) is 17.5 Å². The van der Waals surface area contributed by atoms with Gasteiger partial charge in [-0.2, -0.15) is 0 Å². The first-order valence-corrected chi connectivity index (χ1v) is 6.68. The number of nitrogens with one attached hydrogen (secondary N) is 1. The first-order chi connectivity index (χ1) is 7.09. The van der Waals surface area contributed by atoms with E-state index in [0.717, 1.165) is 0 Å². The van der Waals surface area contributed by atoms with Crippen LogP contribution < -0.4 is 5.32 Å². The molecule has 3 heteroatoms. The van der Waals surface area contributed by atoms with Gasteiger partial charge in [-0.1, -0.05) is 20.3 Å². The van der Waals surface area contributed by atoms with Gasteiger partial charge in [0.15, 0.2) is 0 Å². The summed E-state index contributed by atoms with van der Waals surface area (Å²) in [5.74, 6) is 0. The summed E-state index contributed by atoms with van der Waals surface area (Å²) < 4.78 is 0. The Morgan fingerprint density at radius 2 is 2.40 bits per heavy atom. The molecule has 2 nitrogen and oxygen atoms in total. The van der Waals surface area contributed by atoms with Gasteiger partial charge in [-0.25, -0.2) is 4.98 Å². The minimum atomic E-state index is 0.388. The van der Waals surface area contributed by atoms with Gasteiger partial charge in [-0.3, -0.25) is 0 Å². The summed E-state index contributed by atoms with van der Waals surface area (Å²) in [5, 5.41) is 5.85. The molecule has 1 N–H and O–H groups in total. The maximum Gasteiger partial charge on any atom is 0.0795 e. The lowest BCUT2D eigenvalue weighted by molar-refractivity contribution is 0.265. The summed E-state index contributed by atoms with van der Waals surface area (Å²) in [4.78, 5) is 4.36. The van der Waals surface area contributed by atoms with E-state index in [0.29, 0.717) is 17.5 Å². The molecule has 2 rings (SSSR count). The zero-order valence-corrected chi connectivity index (χ0v) is 10.6. The Labute approximate surface area is 96.1 Å². The van der Waals surface area contributed by atoms with Gasteiger partial charge in [-0.05, 0) is 25.2 Å². The first kappa shape index (κ1) is 11.1. The minimum Gasteiger partial charge on any atom is -0.305 e. The van der Waals surface area contributed by atoms with Crippen LogP contribution in [0.3, 0.4) is 0 Å². The smallest absolute Gasteiger partial charge is 0.0795 e. The highest BCUT2D eigenvalue weighted by Crippen LogP contribution is 2.38. The SMILES string of the molecule is CC(NC1CCCC1(C)C)c1cscn1. The minimum absolute atomic E-state index is 0.388. The van der Waals surface area contributed by atoms with Gasteiger partial charge >= 0.3 is 0 Å². The fraction of sp³-hybridized carbons (Fsp3) is 0.750. The maximum absolute atomic E-state index is 4.36. The van der Waals surface area contributed by atoms with Crippen LogP contribution in [0.4, 0.5) is 0 Å². The van der Waals surface area contributed by atoms with Crippen molar-refractivity contribution in [2.24, 2.45) is 5.41 Å². The Kier molecular flexibility index (Phi) is 3.12. The Balaban J connectivity index is 1.97. The van der Waals surface area contributed by atoms with E-state index in [9.17, 15) is 0 Å². The molecule has 0 spiro atoms. The Morgan fingerprint density at radius 1 is 1.60 bits per heavy atom. The Hall–Kier alpha value is -0.410. The van der Waals surface area contributed by atoms with Gasteiger partial charge in [-0.15, -0.1) is 11.3 Å². The number of nitrogens with zero attached hydrogens (tertiary/aromatic N) is 1. The van der Waals surface area contributed by atoms with E-state index < -0.39 is 0 Å². The van der Waals surface area contributed by atoms with Crippen molar-refractivity contribution in [1.82, 2.24) is 10.3 Å². The molecule has 0 radical (unpaired) electrons. The van der Waals surface area contributed by atoms with Crippen molar-refractivity contribution in [2.75, 3.05) is 0 Å². The van der Waals surface area contributed by atoms with Crippen LogP contribution in [0.1, 0.15) is 51.8 Å². The summed E-state index contributed by atoms with van der Waals surface area (Å²) in [5.41, 5.74) is 3.54. The number of aromatic nitrogens is 1. The molecule has 0 amide bonds. The van der Waals surface area contributed by atoms with Crippen LogP contribution in [-0.4, -0.2) is 11.0 Å². The van der Waals surface area contributed by atoms with Gasteiger partial charge < -0.3 is 5.32 Å². The largest absolute Gasteiger partial charge is 0.305 e. The topological polar surface area (TPSA) is 24.9 Å². The highest BCUT2D eigenvalue weighted by Gasteiger charge is 2.35. The molecular formula is C12H20N2S. The molecule has 2 unspecified atom stereocenters. The van der Waals surface area contributed by atoms with Crippen molar-refractivity contribution in [3.05, 3.63) is 16.6 Å². The molecule has 0 aromatic carbocycles. The van der Waals surface area contributed by atoms with Gasteiger partial charge in [0.05, 0.1) is 11.2 Å². The maximum atomic E-state index is 4.36. The highest BCUT2D eigenvalue weighted by molar-refractivity contribution is 7.07. The molecule has 0 aliphatic heterocycles. The van der Waals surface area contributed by atoms with Crippen molar-refractivity contribution >= 4 is 11.3 Å². The fourth-order valence-electron chi connectivity index (χ4n) is 2.46. The zero-order chi connectivity index (χ0) is 10.9. The van der Waals surface area contributed by atoms with E-state index in [4.69, 9.17) is 0 Å².